The van der Waals surface area contributed by atoms with Gasteiger partial charge in [-0.2, -0.15) is 0 Å². The molecule has 3 N–H and O–H groups in total. The molecule has 0 aliphatic rings. The molecule has 0 saturated carbocycles. The number of carboxylic acid groups (broad SMARTS) is 1. The lowest BCUT2D eigenvalue weighted by molar-refractivity contribution is 0.0697. The Labute approximate surface area is 130 Å². The molecule has 0 spiro atoms. The summed E-state index contributed by atoms with van der Waals surface area (Å²) in [5.74, 6) is -0.924. The lowest BCUT2D eigenvalue weighted by Gasteiger charge is -2.16. The first-order valence-electron chi connectivity index (χ1n) is 7.30. The van der Waals surface area contributed by atoms with E-state index in [0.717, 1.165) is 12.0 Å². The van der Waals surface area contributed by atoms with Crippen LogP contribution in [0.15, 0.2) is 48.5 Å². The predicted molar refractivity (Wildman–Crippen MR) is 86.0 cm³/mol. The Bertz CT molecular complexity index is 605. The maximum Gasteiger partial charge on any atom is 0.335 e. The zero-order valence-electron chi connectivity index (χ0n) is 12.6. The highest BCUT2D eigenvalue weighted by atomic mass is 16.4. The minimum absolute atomic E-state index is 0.0261. The molecule has 2 rings (SSSR count). The van der Waals surface area contributed by atoms with E-state index in [1.807, 2.05) is 6.92 Å². The summed E-state index contributed by atoms with van der Waals surface area (Å²) in [7, 11) is 0. The first-order chi connectivity index (χ1) is 10.6. The average molecular weight is 299 g/mol. The van der Waals surface area contributed by atoms with Crippen LogP contribution in [0.25, 0.3) is 0 Å². The number of nitrogens with one attached hydrogen (secondary N) is 1. The molecule has 1 atom stereocenters. The molecule has 0 saturated heterocycles. The molecule has 0 fully saturated rings. The second-order valence-corrected chi connectivity index (χ2v) is 5.45. The molecule has 0 bridgehead atoms. The number of aryl methyl sites for hydroxylation is 1. The van der Waals surface area contributed by atoms with E-state index < -0.39 is 5.97 Å². The Balaban J connectivity index is 1.90. The molecule has 0 radical (unpaired) electrons. The number of aromatic carboxylic acids is 1. The van der Waals surface area contributed by atoms with Crippen molar-refractivity contribution in [1.29, 1.82) is 0 Å². The number of rotatable bonds is 7. The molecule has 4 heteroatoms. The smallest absolute Gasteiger partial charge is 0.335 e. The van der Waals surface area contributed by atoms with Gasteiger partial charge in [0.1, 0.15) is 0 Å². The molecular weight excluding hydrogens is 278 g/mol. The van der Waals surface area contributed by atoms with Gasteiger partial charge in [-0.05, 0) is 36.6 Å². The number of carboxylic acids is 1. The van der Waals surface area contributed by atoms with E-state index in [9.17, 15) is 9.90 Å². The number of hydrogen-bond acceptors (Lipinski definition) is 3. The number of carbonyl (C=O) groups is 1. The van der Waals surface area contributed by atoms with Crippen LogP contribution in [0.1, 0.15) is 27.0 Å². The van der Waals surface area contributed by atoms with Gasteiger partial charge in [0.2, 0.25) is 0 Å². The normalized spacial score (nSPS) is 12.1. The topological polar surface area (TPSA) is 69.6 Å². The van der Waals surface area contributed by atoms with Crippen molar-refractivity contribution >= 4 is 5.97 Å². The molecule has 0 heterocycles. The Hall–Kier alpha value is -2.17. The average Bonchev–Trinajstić information content (AvgIpc) is 2.53. The van der Waals surface area contributed by atoms with Crippen LogP contribution in [0.2, 0.25) is 0 Å². The number of hydrogen-bond donors (Lipinski definition) is 3. The fourth-order valence-corrected chi connectivity index (χ4v) is 2.24. The summed E-state index contributed by atoms with van der Waals surface area (Å²) < 4.78 is 0. The molecule has 0 amide bonds. The molecule has 2 aromatic carbocycles. The van der Waals surface area contributed by atoms with E-state index in [1.54, 1.807) is 24.3 Å². The van der Waals surface area contributed by atoms with E-state index in [-0.39, 0.29) is 18.2 Å². The summed E-state index contributed by atoms with van der Waals surface area (Å²) in [6, 6.07) is 15.0. The third-order valence-corrected chi connectivity index (χ3v) is 3.62. The largest absolute Gasteiger partial charge is 0.478 e. The quantitative estimate of drug-likeness (QED) is 0.734. The summed E-state index contributed by atoms with van der Waals surface area (Å²) in [6.45, 7) is 2.70. The van der Waals surface area contributed by atoms with Gasteiger partial charge in [-0.15, -0.1) is 0 Å². The minimum atomic E-state index is -0.924. The lowest BCUT2D eigenvalue weighted by atomic mass is 10.0. The van der Waals surface area contributed by atoms with E-state index in [4.69, 9.17) is 5.11 Å². The second kappa shape index (κ2) is 7.73. The van der Waals surface area contributed by atoms with Crippen molar-refractivity contribution in [2.45, 2.75) is 25.9 Å². The van der Waals surface area contributed by atoms with Crippen LogP contribution in [-0.2, 0) is 13.0 Å². The van der Waals surface area contributed by atoms with E-state index in [2.05, 4.69) is 29.6 Å². The number of aliphatic hydroxyl groups is 1. The van der Waals surface area contributed by atoms with E-state index in [0.29, 0.717) is 6.54 Å². The summed E-state index contributed by atoms with van der Waals surface area (Å²) >= 11 is 0. The monoisotopic (exact) mass is 299 g/mol. The SMILES string of the molecule is Cc1ccc(CC(CO)NCc2ccc(C(=O)O)cc2)cc1. The highest BCUT2D eigenvalue weighted by Crippen LogP contribution is 2.08. The summed E-state index contributed by atoms with van der Waals surface area (Å²) in [5, 5.41) is 21.7. The van der Waals surface area contributed by atoms with Crippen LogP contribution in [0.5, 0.6) is 0 Å². The van der Waals surface area contributed by atoms with Crippen molar-refractivity contribution in [3.63, 3.8) is 0 Å². The predicted octanol–water partition coefficient (Wildman–Crippen LogP) is 2.39. The summed E-state index contributed by atoms with van der Waals surface area (Å²) in [5.41, 5.74) is 3.67. The van der Waals surface area contributed by atoms with Gasteiger partial charge >= 0.3 is 5.97 Å². The summed E-state index contributed by atoms with van der Waals surface area (Å²) in [4.78, 5) is 10.8. The van der Waals surface area contributed by atoms with Crippen LogP contribution in [0.3, 0.4) is 0 Å². The van der Waals surface area contributed by atoms with Gasteiger partial charge in [0.05, 0.1) is 12.2 Å². The van der Waals surface area contributed by atoms with Crippen molar-refractivity contribution in [2.24, 2.45) is 0 Å². The Morgan fingerprint density at radius 1 is 1.05 bits per heavy atom. The molecule has 116 valence electrons. The van der Waals surface area contributed by atoms with Crippen LogP contribution < -0.4 is 5.32 Å². The highest BCUT2D eigenvalue weighted by molar-refractivity contribution is 5.87. The van der Waals surface area contributed by atoms with Crippen LogP contribution in [-0.4, -0.2) is 28.8 Å². The molecule has 22 heavy (non-hydrogen) atoms. The fraction of sp³-hybridized carbons (Fsp3) is 0.278. The van der Waals surface area contributed by atoms with Gasteiger partial charge < -0.3 is 15.5 Å². The maximum absolute atomic E-state index is 10.8. The molecular formula is C18H21NO3. The molecule has 1 unspecified atom stereocenters. The van der Waals surface area contributed by atoms with Gasteiger partial charge in [0, 0.05) is 12.6 Å². The molecule has 0 aliphatic carbocycles. The Morgan fingerprint density at radius 2 is 1.64 bits per heavy atom. The minimum Gasteiger partial charge on any atom is -0.478 e. The molecule has 2 aromatic rings. The van der Waals surface area contributed by atoms with Crippen LogP contribution >= 0.6 is 0 Å². The zero-order valence-corrected chi connectivity index (χ0v) is 12.6. The van der Waals surface area contributed by atoms with Gasteiger partial charge in [0.25, 0.3) is 0 Å². The summed E-state index contributed by atoms with van der Waals surface area (Å²) in [6.07, 6.45) is 0.754. The van der Waals surface area contributed by atoms with Gasteiger partial charge in [0.15, 0.2) is 0 Å². The van der Waals surface area contributed by atoms with E-state index >= 15 is 0 Å². The van der Waals surface area contributed by atoms with Crippen molar-refractivity contribution in [3.8, 4) is 0 Å². The van der Waals surface area contributed by atoms with Gasteiger partial charge in [-0.3, -0.25) is 0 Å². The zero-order chi connectivity index (χ0) is 15.9. The second-order valence-electron chi connectivity index (χ2n) is 5.45. The molecule has 4 nitrogen and oxygen atoms in total. The highest BCUT2D eigenvalue weighted by Gasteiger charge is 2.08. The van der Waals surface area contributed by atoms with E-state index in [1.165, 1.54) is 11.1 Å². The number of benzene rings is 2. The third kappa shape index (κ3) is 4.69. The first kappa shape index (κ1) is 16.2. The lowest BCUT2D eigenvalue weighted by Crippen LogP contribution is -2.34. The maximum atomic E-state index is 10.8. The first-order valence-corrected chi connectivity index (χ1v) is 7.30. The van der Waals surface area contributed by atoms with Crippen molar-refractivity contribution in [2.75, 3.05) is 6.61 Å². The van der Waals surface area contributed by atoms with Crippen LogP contribution in [0, 0.1) is 6.92 Å². The molecule has 0 aromatic heterocycles. The Kier molecular flexibility index (Phi) is 5.69. The van der Waals surface area contributed by atoms with Crippen molar-refractivity contribution in [1.82, 2.24) is 5.32 Å². The fourth-order valence-electron chi connectivity index (χ4n) is 2.24. The van der Waals surface area contributed by atoms with Crippen LogP contribution in [0.4, 0.5) is 0 Å². The number of aliphatic hydroxyl groups excluding tert-OH is 1. The molecule has 0 aliphatic heterocycles. The standard InChI is InChI=1S/C18H21NO3/c1-13-2-4-14(5-3-13)10-17(12-20)19-11-15-6-8-16(9-7-15)18(21)22/h2-9,17,19-20H,10-12H2,1H3,(H,21,22). The Morgan fingerprint density at radius 3 is 2.18 bits per heavy atom. The van der Waals surface area contributed by atoms with Gasteiger partial charge in [-0.25, -0.2) is 4.79 Å². The van der Waals surface area contributed by atoms with Crippen molar-refractivity contribution in [3.05, 3.63) is 70.8 Å². The third-order valence-electron chi connectivity index (χ3n) is 3.62. The van der Waals surface area contributed by atoms with Crippen molar-refractivity contribution < 1.29 is 15.0 Å². The van der Waals surface area contributed by atoms with Gasteiger partial charge in [-0.1, -0.05) is 42.0 Å².